The molecule has 1 aromatic rings. The predicted octanol–water partition coefficient (Wildman–Crippen LogP) is 0.818. The third-order valence-corrected chi connectivity index (χ3v) is 3.14. The summed E-state index contributed by atoms with van der Waals surface area (Å²) in [5.41, 5.74) is 0.945. The smallest absolute Gasteiger partial charge is 0.272 e. The Morgan fingerprint density at radius 3 is 2.76 bits per heavy atom. The van der Waals surface area contributed by atoms with Crippen LogP contribution in [0.25, 0.3) is 0 Å². The highest BCUT2D eigenvalue weighted by Crippen LogP contribution is 2.18. The number of amides is 1. The van der Waals surface area contributed by atoms with Crippen LogP contribution in [0, 0.1) is 6.92 Å². The van der Waals surface area contributed by atoms with Crippen LogP contribution in [0.4, 0.5) is 0 Å². The van der Waals surface area contributed by atoms with Gasteiger partial charge >= 0.3 is 0 Å². The molecule has 2 atom stereocenters. The summed E-state index contributed by atoms with van der Waals surface area (Å²) >= 11 is 0. The Bertz CT molecular complexity index is 408. The van der Waals surface area contributed by atoms with Crippen LogP contribution in [0.5, 0.6) is 0 Å². The second-order valence-corrected chi connectivity index (χ2v) is 4.42. The Kier molecular flexibility index (Phi) is 3.68. The Morgan fingerprint density at radius 1 is 1.35 bits per heavy atom. The van der Waals surface area contributed by atoms with Crippen molar-refractivity contribution in [2.75, 3.05) is 0 Å². The molecule has 0 radical (unpaired) electrons. The van der Waals surface area contributed by atoms with Crippen LogP contribution >= 0.6 is 0 Å². The monoisotopic (exact) mass is 235 g/mol. The number of carbonyl (C=O) groups excluding carboxylic acids is 1. The SMILES string of the molecule is Cc1nccnc1C(=O)N[C@@H]1CCCC[C@H]1O. The number of aromatic nitrogens is 2. The van der Waals surface area contributed by atoms with Gasteiger partial charge in [-0.05, 0) is 19.8 Å². The van der Waals surface area contributed by atoms with Crippen LogP contribution in [0.3, 0.4) is 0 Å². The van der Waals surface area contributed by atoms with Gasteiger partial charge in [0.05, 0.1) is 17.8 Å². The second kappa shape index (κ2) is 5.23. The van der Waals surface area contributed by atoms with Crippen LogP contribution in [-0.4, -0.2) is 33.1 Å². The summed E-state index contributed by atoms with van der Waals surface area (Å²) in [6, 6.07) is -0.155. The number of hydrogen-bond donors (Lipinski definition) is 2. The zero-order valence-electron chi connectivity index (χ0n) is 9.89. The fourth-order valence-electron chi connectivity index (χ4n) is 2.15. The molecule has 1 amide bonds. The summed E-state index contributed by atoms with van der Waals surface area (Å²) in [5, 5.41) is 12.6. The number of carbonyl (C=O) groups is 1. The van der Waals surface area contributed by atoms with Crippen molar-refractivity contribution in [2.45, 2.75) is 44.8 Å². The third kappa shape index (κ3) is 2.79. The minimum absolute atomic E-state index is 0.155. The number of aliphatic hydroxyl groups is 1. The highest BCUT2D eigenvalue weighted by atomic mass is 16.3. The summed E-state index contributed by atoms with van der Waals surface area (Å²) < 4.78 is 0. The molecular formula is C12H17N3O2. The molecule has 0 unspecified atom stereocenters. The molecule has 0 bridgehead atoms. The molecule has 17 heavy (non-hydrogen) atoms. The first-order valence-corrected chi connectivity index (χ1v) is 5.95. The zero-order chi connectivity index (χ0) is 12.3. The molecule has 5 nitrogen and oxygen atoms in total. The highest BCUT2D eigenvalue weighted by Gasteiger charge is 2.25. The Morgan fingerprint density at radius 2 is 2.06 bits per heavy atom. The van der Waals surface area contributed by atoms with Crippen LogP contribution in [0.2, 0.25) is 0 Å². The lowest BCUT2D eigenvalue weighted by molar-refractivity contribution is 0.0713. The maximum atomic E-state index is 12.0. The number of rotatable bonds is 2. The van der Waals surface area contributed by atoms with Gasteiger partial charge in [0.2, 0.25) is 0 Å². The Hall–Kier alpha value is -1.49. The van der Waals surface area contributed by atoms with Gasteiger partial charge in [-0.3, -0.25) is 9.78 Å². The van der Waals surface area contributed by atoms with Crippen molar-refractivity contribution < 1.29 is 9.90 Å². The molecule has 1 fully saturated rings. The number of hydrogen-bond acceptors (Lipinski definition) is 4. The van der Waals surface area contributed by atoms with E-state index in [1.807, 2.05) is 0 Å². The largest absolute Gasteiger partial charge is 0.391 e. The Labute approximate surface area is 100 Å². The lowest BCUT2D eigenvalue weighted by Crippen LogP contribution is -2.45. The van der Waals surface area contributed by atoms with E-state index in [1.54, 1.807) is 13.1 Å². The maximum Gasteiger partial charge on any atom is 0.272 e. The first kappa shape index (κ1) is 12.0. The fourth-order valence-corrected chi connectivity index (χ4v) is 2.15. The van der Waals surface area contributed by atoms with E-state index in [0.29, 0.717) is 11.4 Å². The van der Waals surface area contributed by atoms with E-state index in [9.17, 15) is 9.90 Å². The first-order valence-electron chi connectivity index (χ1n) is 5.95. The topological polar surface area (TPSA) is 75.1 Å². The second-order valence-electron chi connectivity index (χ2n) is 4.42. The van der Waals surface area contributed by atoms with Crippen molar-refractivity contribution in [1.29, 1.82) is 0 Å². The fraction of sp³-hybridized carbons (Fsp3) is 0.583. The molecule has 0 spiro atoms. The van der Waals surface area contributed by atoms with Gasteiger partial charge in [0, 0.05) is 12.4 Å². The van der Waals surface area contributed by atoms with Crippen LogP contribution in [-0.2, 0) is 0 Å². The van der Waals surface area contributed by atoms with Gasteiger partial charge < -0.3 is 10.4 Å². The van der Waals surface area contributed by atoms with Gasteiger partial charge in [0.1, 0.15) is 5.69 Å². The van der Waals surface area contributed by atoms with Gasteiger partial charge in [0.15, 0.2) is 0 Å². The lowest BCUT2D eigenvalue weighted by Gasteiger charge is -2.28. The van der Waals surface area contributed by atoms with Crippen LogP contribution in [0.1, 0.15) is 41.9 Å². The number of nitrogens with one attached hydrogen (secondary N) is 1. The lowest BCUT2D eigenvalue weighted by atomic mass is 9.92. The van der Waals surface area contributed by atoms with E-state index in [-0.39, 0.29) is 11.9 Å². The number of nitrogens with zero attached hydrogens (tertiary/aromatic N) is 2. The molecule has 1 aliphatic carbocycles. The molecule has 0 aromatic carbocycles. The molecule has 0 saturated heterocycles. The molecule has 1 aromatic heterocycles. The summed E-state index contributed by atoms with van der Waals surface area (Å²) in [7, 11) is 0. The predicted molar refractivity (Wildman–Crippen MR) is 62.5 cm³/mol. The molecule has 1 saturated carbocycles. The average molecular weight is 235 g/mol. The number of aliphatic hydroxyl groups excluding tert-OH is 1. The quantitative estimate of drug-likeness (QED) is 0.795. The van der Waals surface area contributed by atoms with E-state index in [0.717, 1.165) is 25.7 Å². The molecule has 5 heteroatoms. The van der Waals surface area contributed by atoms with Gasteiger partial charge in [-0.15, -0.1) is 0 Å². The molecule has 1 heterocycles. The minimum Gasteiger partial charge on any atom is -0.391 e. The minimum atomic E-state index is -0.440. The highest BCUT2D eigenvalue weighted by molar-refractivity contribution is 5.93. The van der Waals surface area contributed by atoms with Crippen molar-refractivity contribution in [3.05, 3.63) is 23.8 Å². The summed E-state index contributed by atoms with van der Waals surface area (Å²) in [6.45, 7) is 1.75. The first-order chi connectivity index (χ1) is 8.18. The standard InChI is InChI=1S/C12H17N3O2/c1-8-11(14-7-6-13-8)12(17)15-9-4-2-3-5-10(9)16/h6-7,9-10,16H,2-5H2,1H3,(H,15,17)/t9-,10-/m1/s1. The van der Waals surface area contributed by atoms with Gasteiger partial charge in [-0.2, -0.15) is 0 Å². The van der Waals surface area contributed by atoms with Gasteiger partial charge in [-0.1, -0.05) is 12.8 Å². The van der Waals surface area contributed by atoms with E-state index in [2.05, 4.69) is 15.3 Å². The van der Waals surface area contributed by atoms with Crippen LogP contribution < -0.4 is 5.32 Å². The Balaban J connectivity index is 2.04. The molecule has 92 valence electrons. The van der Waals surface area contributed by atoms with E-state index in [4.69, 9.17) is 0 Å². The van der Waals surface area contributed by atoms with Crippen molar-refractivity contribution in [2.24, 2.45) is 0 Å². The molecule has 2 N–H and O–H groups in total. The summed E-state index contributed by atoms with van der Waals surface area (Å²) in [5.74, 6) is -0.249. The number of aryl methyl sites for hydroxylation is 1. The normalized spacial score (nSPS) is 24.4. The van der Waals surface area contributed by atoms with Crippen molar-refractivity contribution in [3.63, 3.8) is 0 Å². The summed E-state index contributed by atoms with van der Waals surface area (Å²) in [6.07, 6.45) is 6.26. The zero-order valence-corrected chi connectivity index (χ0v) is 9.89. The van der Waals surface area contributed by atoms with E-state index in [1.165, 1.54) is 6.20 Å². The van der Waals surface area contributed by atoms with Crippen molar-refractivity contribution in [1.82, 2.24) is 15.3 Å². The maximum absolute atomic E-state index is 12.0. The van der Waals surface area contributed by atoms with Crippen molar-refractivity contribution in [3.8, 4) is 0 Å². The van der Waals surface area contributed by atoms with Crippen molar-refractivity contribution >= 4 is 5.91 Å². The molecular weight excluding hydrogens is 218 g/mol. The van der Waals surface area contributed by atoms with Gasteiger partial charge in [-0.25, -0.2) is 4.98 Å². The van der Waals surface area contributed by atoms with Gasteiger partial charge in [0.25, 0.3) is 5.91 Å². The molecule has 1 aliphatic rings. The third-order valence-electron chi connectivity index (χ3n) is 3.14. The average Bonchev–Trinajstić information content (AvgIpc) is 2.32. The molecule has 2 rings (SSSR count). The van der Waals surface area contributed by atoms with Crippen LogP contribution in [0.15, 0.2) is 12.4 Å². The van der Waals surface area contributed by atoms with E-state index >= 15 is 0 Å². The summed E-state index contributed by atoms with van der Waals surface area (Å²) in [4.78, 5) is 20.0. The van der Waals surface area contributed by atoms with E-state index < -0.39 is 6.10 Å². The molecule has 0 aliphatic heterocycles.